The Morgan fingerprint density at radius 3 is 2.54 bits per heavy atom. The van der Waals surface area contributed by atoms with Crippen molar-refractivity contribution in [2.45, 2.75) is 113 Å². The van der Waals surface area contributed by atoms with E-state index in [9.17, 15) is 32.4 Å². The van der Waals surface area contributed by atoms with E-state index in [0.717, 1.165) is 12.8 Å². The highest BCUT2D eigenvalue weighted by Crippen LogP contribution is 2.46. The fourth-order valence-electron chi connectivity index (χ4n) is 6.54. The maximum atomic E-state index is 14.2. The summed E-state index contributed by atoms with van der Waals surface area (Å²) in [4.78, 5) is 69.3. The molecule has 2 aliphatic carbocycles. The second kappa shape index (κ2) is 13.8. The van der Waals surface area contributed by atoms with Gasteiger partial charge in [-0.3, -0.25) is 19.1 Å². The topological polar surface area (TPSA) is 196 Å². The van der Waals surface area contributed by atoms with Gasteiger partial charge in [0.15, 0.2) is 11.5 Å². The van der Waals surface area contributed by atoms with Gasteiger partial charge in [0.1, 0.15) is 29.3 Å². The molecule has 0 bridgehead atoms. The van der Waals surface area contributed by atoms with Crippen molar-refractivity contribution in [3.8, 4) is 11.5 Å². The lowest BCUT2D eigenvalue weighted by atomic mass is 10.0. The number of esters is 1. The van der Waals surface area contributed by atoms with Crippen LogP contribution in [0.2, 0.25) is 0 Å². The molecule has 0 unspecified atom stereocenters. The standard InChI is InChI=1S/C34H44N4O11S/c1-33(2,3)49-32(43)35-24-10-8-6-4-5-7-9-21-17-34(21,31(42)37-50(44,45)23-12-13-23)36-28(39)25-16-22(18-38(25)29(24)40)48-30(41)20-11-14-26-27(15-20)47-19-46-26/h7,9,11,14-15,21-25H,4-6,8,10,12-13,16-19H2,1-3H3,(H,35,43)(H,36,39)(H,37,42)/b9-7-/t21-,22+,24-,25-,34+/m0/s1. The molecular weight excluding hydrogens is 672 g/mol. The van der Waals surface area contributed by atoms with Gasteiger partial charge in [0.2, 0.25) is 28.6 Å². The number of hydrogen-bond acceptors (Lipinski definition) is 11. The monoisotopic (exact) mass is 716 g/mol. The second-order valence-corrected chi connectivity index (χ2v) is 16.5. The summed E-state index contributed by atoms with van der Waals surface area (Å²) in [5.74, 6) is -2.42. The molecule has 3 N–H and O–H groups in total. The average Bonchev–Trinajstić information content (AvgIpc) is 3.92. The molecule has 3 aliphatic heterocycles. The van der Waals surface area contributed by atoms with Crippen molar-refractivity contribution in [3.63, 3.8) is 0 Å². The molecule has 1 aromatic carbocycles. The van der Waals surface area contributed by atoms with Crippen LogP contribution in [0, 0.1) is 5.92 Å². The Bertz CT molecular complexity index is 1690. The number of nitrogens with one attached hydrogen (secondary N) is 3. The molecule has 15 nitrogen and oxygen atoms in total. The van der Waals surface area contributed by atoms with Crippen molar-refractivity contribution in [2.24, 2.45) is 5.92 Å². The van der Waals surface area contributed by atoms with Crippen LogP contribution in [0.15, 0.2) is 30.4 Å². The fraction of sp³-hybridized carbons (Fsp3) is 0.618. The smallest absolute Gasteiger partial charge is 0.408 e. The molecule has 4 amide bonds. The molecule has 0 radical (unpaired) electrons. The average molecular weight is 717 g/mol. The van der Waals surface area contributed by atoms with E-state index in [2.05, 4.69) is 15.4 Å². The van der Waals surface area contributed by atoms with Crippen LogP contribution in [0.1, 0.15) is 88.9 Å². The van der Waals surface area contributed by atoms with E-state index < -0.39 is 80.3 Å². The fourth-order valence-corrected chi connectivity index (χ4v) is 7.90. The summed E-state index contributed by atoms with van der Waals surface area (Å²) >= 11 is 0. The van der Waals surface area contributed by atoms with Gasteiger partial charge >= 0.3 is 12.1 Å². The lowest BCUT2D eigenvalue weighted by Crippen LogP contribution is -2.58. The number of fused-ring (bicyclic) bond motifs is 3. The van der Waals surface area contributed by atoms with Gasteiger partial charge in [0.05, 0.1) is 17.4 Å². The third kappa shape index (κ3) is 8.00. The Morgan fingerprint density at radius 1 is 1.04 bits per heavy atom. The first-order valence-electron chi connectivity index (χ1n) is 17.1. The highest BCUT2D eigenvalue weighted by molar-refractivity contribution is 7.91. The number of sulfonamides is 1. The van der Waals surface area contributed by atoms with E-state index in [4.69, 9.17) is 18.9 Å². The molecule has 1 aromatic rings. The van der Waals surface area contributed by atoms with Crippen molar-refractivity contribution in [3.05, 3.63) is 35.9 Å². The molecule has 2 saturated carbocycles. The van der Waals surface area contributed by atoms with Gasteiger partial charge in [0, 0.05) is 12.3 Å². The minimum atomic E-state index is -3.91. The summed E-state index contributed by atoms with van der Waals surface area (Å²) in [5, 5.41) is 4.81. The van der Waals surface area contributed by atoms with E-state index in [-0.39, 0.29) is 38.2 Å². The van der Waals surface area contributed by atoms with Crippen LogP contribution in [0.5, 0.6) is 11.5 Å². The summed E-state index contributed by atoms with van der Waals surface area (Å²) in [7, 11) is -3.91. The summed E-state index contributed by atoms with van der Waals surface area (Å²) in [6.07, 6.45) is 6.01. The highest BCUT2D eigenvalue weighted by Gasteiger charge is 2.62. The first-order chi connectivity index (χ1) is 23.6. The Kier molecular flexibility index (Phi) is 9.76. The molecule has 5 aliphatic rings. The lowest BCUT2D eigenvalue weighted by Gasteiger charge is -2.30. The lowest BCUT2D eigenvalue weighted by molar-refractivity contribution is -0.141. The number of allylic oxidation sites excluding steroid dienone is 1. The molecule has 50 heavy (non-hydrogen) atoms. The van der Waals surface area contributed by atoms with Crippen LogP contribution in [-0.2, 0) is 33.9 Å². The number of amides is 4. The van der Waals surface area contributed by atoms with Crippen molar-refractivity contribution in [1.82, 2.24) is 20.3 Å². The Balaban J connectivity index is 1.26. The Labute approximate surface area is 290 Å². The predicted octanol–water partition coefficient (Wildman–Crippen LogP) is 2.44. The Morgan fingerprint density at radius 2 is 1.80 bits per heavy atom. The minimum absolute atomic E-state index is 0.0193. The number of nitrogens with zero attached hydrogens (tertiary/aromatic N) is 1. The summed E-state index contributed by atoms with van der Waals surface area (Å²) in [6.45, 7) is 4.95. The quantitative estimate of drug-likeness (QED) is 0.289. The van der Waals surface area contributed by atoms with Gasteiger partial charge in [-0.2, -0.15) is 0 Å². The van der Waals surface area contributed by atoms with Crippen LogP contribution in [-0.4, -0.2) is 91.0 Å². The second-order valence-electron chi connectivity index (χ2n) is 14.5. The number of carbonyl (C=O) groups is 5. The number of rotatable bonds is 6. The van der Waals surface area contributed by atoms with Crippen LogP contribution < -0.4 is 24.8 Å². The zero-order chi connectivity index (χ0) is 35.8. The normalized spacial score (nSPS) is 28.9. The first kappa shape index (κ1) is 35.5. The molecule has 3 fully saturated rings. The van der Waals surface area contributed by atoms with Crippen LogP contribution in [0.3, 0.4) is 0 Å². The third-order valence-corrected chi connectivity index (χ3v) is 11.2. The van der Waals surface area contributed by atoms with Gasteiger partial charge in [0.25, 0.3) is 5.91 Å². The molecule has 16 heteroatoms. The zero-order valence-electron chi connectivity index (χ0n) is 28.4. The third-order valence-electron chi connectivity index (χ3n) is 9.42. The van der Waals surface area contributed by atoms with Crippen LogP contribution >= 0.6 is 0 Å². The SMILES string of the molecule is CC(C)(C)OC(=O)N[C@H]1CCCCC/C=C\[C@H]2C[C@@]2(C(=O)NS(=O)(=O)C2CC2)NC(=O)[C@@H]2C[C@@H](OC(=O)c3ccc4c(c3)OCO4)CN2C1=O. The van der Waals surface area contributed by atoms with Gasteiger partial charge < -0.3 is 34.5 Å². The Hall–Kier alpha value is -4.34. The molecule has 272 valence electrons. The first-order valence-corrected chi connectivity index (χ1v) is 18.7. The maximum Gasteiger partial charge on any atom is 0.408 e. The van der Waals surface area contributed by atoms with E-state index in [0.29, 0.717) is 37.2 Å². The highest BCUT2D eigenvalue weighted by atomic mass is 32.2. The van der Waals surface area contributed by atoms with Crippen molar-refractivity contribution in [1.29, 1.82) is 0 Å². The van der Waals surface area contributed by atoms with Crippen molar-refractivity contribution in [2.75, 3.05) is 13.3 Å². The van der Waals surface area contributed by atoms with Crippen LogP contribution in [0.4, 0.5) is 4.79 Å². The number of carbonyl (C=O) groups excluding carboxylic acids is 5. The zero-order valence-corrected chi connectivity index (χ0v) is 29.2. The summed E-state index contributed by atoms with van der Waals surface area (Å²) in [6, 6.07) is 2.31. The molecular formula is C34H44N4O11S. The van der Waals surface area contributed by atoms with E-state index >= 15 is 0 Å². The van der Waals surface area contributed by atoms with Crippen molar-refractivity contribution < 1.29 is 51.3 Å². The van der Waals surface area contributed by atoms with Gasteiger partial charge in [-0.1, -0.05) is 25.0 Å². The largest absolute Gasteiger partial charge is 0.457 e. The maximum absolute atomic E-state index is 14.2. The van der Waals surface area contributed by atoms with Gasteiger partial charge in [-0.05, 0) is 77.5 Å². The van der Waals surface area contributed by atoms with Crippen LogP contribution in [0.25, 0.3) is 0 Å². The molecule has 6 rings (SSSR count). The number of alkyl carbamates (subject to hydrolysis) is 1. The summed E-state index contributed by atoms with van der Waals surface area (Å²) < 4.78 is 49.5. The molecule has 5 atom stereocenters. The van der Waals surface area contributed by atoms with Crippen molar-refractivity contribution >= 4 is 39.8 Å². The predicted molar refractivity (Wildman–Crippen MR) is 176 cm³/mol. The number of hydrogen-bond donors (Lipinski definition) is 3. The van der Waals surface area contributed by atoms with Gasteiger partial charge in [-0.25, -0.2) is 18.0 Å². The number of ether oxygens (including phenoxy) is 4. The summed E-state index contributed by atoms with van der Waals surface area (Å²) in [5.41, 5.74) is -2.19. The van der Waals surface area contributed by atoms with Gasteiger partial charge in [-0.15, -0.1) is 0 Å². The number of benzene rings is 1. The molecule has 0 aromatic heterocycles. The van der Waals surface area contributed by atoms with E-state index in [1.54, 1.807) is 26.8 Å². The van der Waals surface area contributed by atoms with E-state index in [1.807, 2.05) is 12.2 Å². The molecule has 1 saturated heterocycles. The molecule has 0 spiro atoms. The molecule has 3 heterocycles. The van der Waals surface area contributed by atoms with E-state index in [1.165, 1.54) is 17.0 Å². The minimum Gasteiger partial charge on any atom is -0.457 e.